The van der Waals surface area contributed by atoms with Crippen LogP contribution < -0.4 is 5.32 Å². The lowest BCUT2D eigenvalue weighted by molar-refractivity contribution is 0.0943. The molecule has 4 nitrogen and oxygen atoms in total. The van der Waals surface area contributed by atoms with E-state index in [1.54, 1.807) is 54.6 Å². The molecule has 0 saturated heterocycles. The minimum absolute atomic E-state index is 0.228. The molecule has 0 bridgehead atoms. The monoisotopic (exact) mass is 423 g/mol. The van der Waals surface area contributed by atoms with Gasteiger partial charge in [-0.1, -0.05) is 29.8 Å². The molecule has 0 aliphatic rings. The lowest BCUT2D eigenvalue weighted by Gasteiger charge is -2.09. The van der Waals surface area contributed by atoms with Crippen LogP contribution in [0.5, 0.6) is 0 Å². The molecule has 0 unspecified atom stereocenters. The van der Waals surface area contributed by atoms with Gasteiger partial charge in [-0.25, -0.2) is 13.5 Å². The Morgan fingerprint density at radius 1 is 0.933 bits per heavy atom. The van der Waals surface area contributed by atoms with E-state index in [0.717, 1.165) is 5.56 Å². The highest BCUT2D eigenvalue weighted by atomic mass is 35.5. The third-order valence-corrected chi connectivity index (χ3v) is 4.74. The Morgan fingerprint density at radius 2 is 1.60 bits per heavy atom. The van der Waals surface area contributed by atoms with Gasteiger partial charge in [-0.15, -0.1) is 0 Å². The molecule has 0 aliphatic carbocycles. The number of nitrogens with one attached hydrogen (secondary N) is 1. The van der Waals surface area contributed by atoms with Crippen molar-refractivity contribution in [1.29, 1.82) is 0 Å². The van der Waals surface area contributed by atoms with Crippen LogP contribution in [0.4, 0.5) is 8.78 Å². The highest BCUT2D eigenvalue weighted by molar-refractivity contribution is 6.30. The maximum Gasteiger partial charge on any atom is 0.270 e. The second-order valence-corrected chi connectivity index (χ2v) is 7.06. The van der Waals surface area contributed by atoms with Gasteiger partial charge in [0, 0.05) is 17.1 Å². The maximum absolute atomic E-state index is 13.3. The third kappa shape index (κ3) is 4.39. The average Bonchev–Trinajstić information content (AvgIpc) is 3.19. The van der Waals surface area contributed by atoms with Crippen molar-refractivity contribution < 1.29 is 13.6 Å². The lowest BCUT2D eigenvalue weighted by atomic mass is 10.1. The minimum Gasteiger partial charge on any atom is -0.347 e. The molecule has 0 spiro atoms. The number of rotatable bonds is 5. The number of amides is 1. The summed E-state index contributed by atoms with van der Waals surface area (Å²) in [5.74, 6) is -1.06. The summed E-state index contributed by atoms with van der Waals surface area (Å²) >= 11 is 6.11. The first-order chi connectivity index (χ1) is 14.5. The molecule has 1 N–H and O–H groups in total. The van der Waals surface area contributed by atoms with Crippen LogP contribution in [0, 0.1) is 11.6 Å². The fraction of sp³-hybridized carbons (Fsp3) is 0.0435. The van der Waals surface area contributed by atoms with E-state index in [9.17, 15) is 13.6 Å². The van der Waals surface area contributed by atoms with Crippen LogP contribution in [0.3, 0.4) is 0 Å². The molecule has 3 aromatic carbocycles. The molecular weight excluding hydrogens is 408 g/mol. The number of hydrogen-bond acceptors (Lipinski definition) is 2. The molecule has 4 aromatic rings. The van der Waals surface area contributed by atoms with E-state index in [2.05, 4.69) is 10.4 Å². The first-order valence-corrected chi connectivity index (χ1v) is 9.52. The van der Waals surface area contributed by atoms with Crippen LogP contribution in [-0.4, -0.2) is 15.7 Å². The Kier molecular flexibility index (Phi) is 5.59. The van der Waals surface area contributed by atoms with E-state index in [1.165, 1.54) is 28.9 Å². The first kappa shape index (κ1) is 19.8. The SMILES string of the molecule is O=C(NCc1ccc(F)cc1)c1cc(-c2ccc(F)cc2)nn1-c1cccc(Cl)c1. The summed E-state index contributed by atoms with van der Waals surface area (Å²) in [5, 5.41) is 7.86. The highest BCUT2D eigenvalue weighted by Gasteiger charge is 2.18. The van der Waals surface area contributed by atoms with Crippen LogP contribution in [0.15, 0.2) is 78.9 Å². The fourth-order valence-corrected chi connectivity index (χ4v) is 3.17. The Bertz CT molecular complexity index is 1190. The zero-order chi connectivity index (χ0) is 21.1. The van der Waals surface area contributed by atoms with Gasteiger partial charge in [0.15, 0.2) is 0 Å². The molecule has 0 radical (unpaired) electrons. The first-order valence-electron chi connectivity index (χ1n) is 9.14. The van der Waals surface area contributed by atoms with Crippen molar-refractivity contribution in [3.8, 4) is 16.9 Å². The van der Waals surface area contributed by atoms with Crippen molar-refractivity contribution >= 4 is 17.5 Å². The Balaban J connectivity index is 1.68. The Morgan fingerprint density at radius 3 is 2.27 bits per heavy atom. The van der Waals surface area contributed by atoms with Gasteiger partial charge in [-0.3, -0.25) is 4.79 Å². The summed E-state index contributed by atoms with van der Waals surface area (Å²) in [6.07, 6.45) is 0. The van der Waals surface area contributed by atoms with E-state index in [0.29, 0.717) is 27.7 Å². The van der Waals surface area contributed by atoms with Crippen molar-refractivity contribution in [1.82, 2.24) is 15.1 Å². The van der Waals surface area contributed by atoms with Gasteiger partial charge in [-0.2, -0.15) is 5.10 Å². The maximum atomic E-state index is 13.3. The highest BCUT2D eigenvalue weighted by Crippen LogP contribution is 2.23. The van der Waals surface area contributed by atoms with Gasteiger partial charge in [0.1, 0.15) is 17.3 Å². The number of carbonyl (C=O) groups excluding carboxylic acids is 1. The third-order valence-electron chi connectivity index (χ3n) is 4.50. The van der Waals surface area contributed by atoms with E-state index < -0.39 is 0 Å². The molecule has 1 heterocycles. The zero-order valence-electron chi connectivity index (χ0n) is 15.6. The second-order valence-electron chi connectivity index (χ2n) is 6.62. The van der Waals surface area contributed by atoms with Crippen LogP contribution in [0.2, 0.25) is 5.02 Å². The molecule has 0 saturated carbocycles. The second kappa shape index (κ2) is 8.47. The molecule has 1 aromatic heterocycles. The van der Waals surface area contributed by atoms with Crippen LogP contribution in [-0.2, 0) is 6.54 Å². The van der Waals surface area contributed by atoms with Gasteiger partial charge < -0.3 is 5.32 Å². The van der Waals surface area contributed by atoms with Gasteiger partial charge in [-0.05, 0) is 66.2 Å². The molecule has 0 atom stereocenters. The van der Waals surface area contributed by atoms with Gasteiger partial charge >= 0.3 is 0 Å². The topological polar surface area (TPSA) is 46.9 Å². The molecule has 4 rings (SSSR count). The van der Waals surface area contributed by atoms with Gasteiger partial charge in [0.2, 0.25) is 0 Å². The van der Waals surface area contributed by atoms with Crippen molar-refractivity contribution in [2.75, 3.05) is 0 Å². The summed E-state index contributed by atoms with van der Waals surface area (Å²) in [6, 6.07) is 20.3. The molecule has 150 valence electrons. The van der Waals surface area contributed by atoms with Crippen molar-refractivity contribution in [3.05, 3.63) is 107 Å². The summed E-state index contributed by atoms with van der Waals surface area (Å²) < 4.78 is 27.9. The van der Waals surface area contributed by atoms with E-state index in [4.69, 9.17) is 11.6 Å². The predicted molar refractivity (Wildman–Crippen MR) is 112 cm³/mol. The van der Waals surface area contributed by atoms with E-state index in [-0.39, 0.29) is 24.1 Å². The van der Waals surface area contributed by atoms with Crippen molar-refractivity contribution in [3.63, 3.8) is 0 Å². The van der Waals surface area contributed by atoms with Crippen LogP contribution >= 0.6 is 11.6 Å². The number of benzene rings is 3. The average molecular weight is 424 g/mol. The largest absolute Gasteiger partial charge is 0.347 e. The number of hydrogen-bond donors (Lipinski definition) is 1. The van der Waals surface area contributed by atoms with E-state index >= 15 is 0 Å². The van der Waals surface area contributed by atoms with E-state index in [1.807, 2.05) is 0 Å². The molecule has 7 heteroatoms. The normalized spacial score (nSPS) is 10.8. The number of nitrogens with zero attached hydrogens (tertiary/aromatic N) is 2. The van der Waals surface area contributed by atoms with Crippen LogP contribution in [0.25, 0.3) is 16.9 Å². The van der Waals surface area contributed by atoms with Crippen molar-refractivity contribution in [2.24, 2.45) is 0 Å². The van der Waals surface area contributed by atoms with Gasteiger partial charge in [0.05, 0.1) is 11.4 Å². The molecule has 30 heavy (non-hydrogen) atoms. The molecular formula is C23H16ClF2N3O. The summed E-state index contributed by atoms with van der Waals surface area (Å²) in [7, 11) is 0. The number of carbonyl (C=O) groups is 1. The standard InChI is InChI=1S/C23H16ClF2N3O/c24-17-2-1-3-20(12-17)29-22(13-21(28-29)16-6-10-19(26)11-7-16)23(30)27-14-15-4-8-18(25)9-5-15/h1-13H,14H2,(H,27,30). The molecule has 1 amide bonds. The fourth-order valence-electron chi connectivity index (χ4n) is 2.98. The summed E-state index contributed by atoms with van der Waals surface area (Å²) in [4.78, 5) is 12.9. The Labute approximate surface area is 176 Å². The minimum atomic E-state index is -0.361. The zero-order valence-corrected chi connectivity index (χ0v) is 16.4. The summed E-state index contributed by atoms with van der Waals surface area (Å²) in [5.41, 5.74) is 2.85. The number of halogens is 3. The predicted octanol–water partition coefficient (Wildman–Crippen LogP) is 5.40. The summed E-state index contributed by atoms with van der Waals surface area (Å²) in [6.45, 7) is 0.228. The van der Waals surface area contributed by atoms with Crippen LogP contribution in [0.1, 0.15) is 16.1 Å². The lowest BCUT2D eigenvalue weighted by Crippen LogP contribution is -2.25. The van der Waals surface area contributed by atoms with Gasteiger partial charge in [0.25, 0.3) is 5.91 Å². The molecule has 0 fully saturated rings. The van der Waals surface area contributed by atoms with Crippen molar-refractivity contribution in [2.45, 2.75) is 6.54 Å². The quantitative estimate of drug-likeness (QED) is 0.467. The Hall–Kier alpha value is -3.51. The molecule has 0 aliphatic heterocycles. The number of aromatic nitrogens is 2. The smallest absolute Gasteiger partial charge is 0.270 e.